The van der Waals surface area contributed by atoms with Gasteiger partial charge in [-0.05, 0) is 37.1 Å². The second kappa shape index (κ2) is 11.3. The van der Waals surface area contributed by atoms with Gasteiger partial charge in [-0.3, -0.25) is 9.59 Å². The smallest absolute Gasteiger partial charge is 0.282 e. The van der Waals surface area contributed by atoms with Crippen LogP contribution in [0.1, 0.15) is 21.6 Å². The van der Waals surface area contributed by atoms with Crippen LogP contribution in [0.2, 0.25) is 0 Å². The van der Waals surface area contributed by atoms with Crippen molar-refractivity contribution in [2.45, 2.75) is 38.7 Å². The maximum absolute atomic E-state index is 13.0. The number of hydrogen-bond donors (Lipinski definition) is 6. The van der Waals surface area contributed by atoms with Crippen molar-refractivity contribution in [1.29, 1.82) is 0 Å². The number of carbonyl (C=O) groups is 1. The van der Waals surface area contributed by atoms with Gasteiger partial charge in [0, 0.05) is 6.54 Å². The lowest BCUT2D eigenvalue weighted by Gasteiger charge is -2.23. The summed E-state index contributed by atoms with van der Waals surface area (Å²) in [5.41, 5.74) is 1.24. The number of rotatable bonds is 11. The molecule has 1 heterocycles. The Balaban J connectivity index is 2.43. The normalized spacial score (nSPS) is 14.4. The highest BCUT2D eigenvalue weighted by Crippen LogP contribution is 2.18. The Hall–Kier alpha value is -2.41. The third-order valence-corrected chi connectivity index (χ3v) is 4.89. The molecule has 6 N–H and O–H groups in total. The van der Waals surface area contributed by atoms with Gasteiger partial charge in [0.05, 0.1) is 44.0 Å². The SMILES string of the molecule is Cc1cc2nc(C(=O)NCCOCCO)c(=O)n(C[C@H](O)[C@H](O)[C@H](O)CO)c2cc1C. The van der Waals surface area contributed by atoms with Crippen molar-refractivity contribution in [3.05, 3.63) is 39.3 Å². The van der Waals surface area contributed by atoms with Crippen LogP contribution < -0.4 is 10.9 Å². The molecule has 1 aromatic carbocycles. The molecule has 0 saturated heterocycles. The summed E-state index contributed by atoms with van der Waals surface area (Å²) in [5.74, 6) is -0.739. The summed E-state index contributed by atoms with van der Waals surface area (Å²) in [6, 6.07) is 3.39. The van der Waals surface area contributed by atoms with Gasteiger partial charge in [-0.2, -0.15) is 0 Å². The zero-order chi connectivity index (χ0) is 23.1. The molecule has 0 aliphatic rings. The van der Waals surface area contributed by atoms with Crippen molar-refractivity contribution in [2.75, 3.05) is 33.0 Å². The van der Waals surface area contributed by atoms with Crippen molar-refractivity contribution in [3.63, 3.8) is 0 Å². The van der Waals surface area contributed by atoms with E-state index >= 15 is 0 Å². The lowest BCUT2D eigenvalue weighted by atomic mass is 10.1. The molecule has 0 unspecified atom stereocenters. The second-order valence-corrected chi connectivity index (χ2v) is 7.20. The van der Waals surface area contributed by atoms with Crippen molar-refractivity contribution in [2.24, 2.45) is 0 Å². The minimum Gasteiger partial charge on any atom is -0.394 e. The topological polar surface area (TPSA) is 174 Å². The number of ether oxygens (including phenoxy) is 1. The summed E-state index contributed by atoms with van der Waals surface area (Å²) in [6.45, 7) is 2.67. The predicted molar refractivity (Wildman–Crippen MR) is 111 cm³/mol. The fourth-order valence-corrected chi connectivity index (χ4v) is 2.97. The largest absolute Gasteiger partial charge is 0.394 e. The number of benzene rings is 1. The quantitative estimate of drug-likeness (QED) is 0.213. The minimum atomic E-state index is -1.70. The number of nitrogens with one attached hydrogen (secondary N) is 1. The summed E-state index contributed by atoms with van der Waals surface area (Å²) in [7, 11) is 0. The average molecular weight is 439 g/mol. The molecule has 1 aromatic heterocycles. The Morgan fingerprint density at radius 1 is 1.13 bits per heavy atom. The number of nitrogens with zero attached hydrogens (tertiary/aromatic N) is 2. The summed E-state index contributed by atoms with van der Waals surface area (Å²) < 4.78 is 6.18. The Kier molecular flexibility index (Phi) is 9.04. The standard InChI is InChI=1S/C20H29N3O8/c1-11-7-13-14(8-12(11)2)23(9-15(26)18(28)16(27)10-25)20(30)17(22-13)19(29)21-3-5-31-6-4-24/h7-8,15-16,18,24-28H,3-6,9-10H2,1-2H3,(H,21,29)/t15-,16+,18-/m0/s1. The van der Waals surface area contributed by atoms with Crippen LogP contribution in [-0.4, -0.2) is 92.3 Å². The molecule has 11 nitrogen and oxygen atoms in total. The fourth-order valence-electron chi connectivity index (χ4n) is 2.97. The van der Waals surface area contributed by atoms with E-state index in [1.165, 1.54) is 0 Å². The number of aromatic nitrogens is 2. The molecule has 1 amide bonds. The van der Waals surface area contributed by atoms with Crippen LogP contribution in [-0.2, 0) is 11.3 Å². The highest BCUT2D eigenvalue weighted by molar-refractivity contribution is 5.94. The molecule has 0 aliphatic heterocycles. The lowest BCUT2D eigenvalue weighted by Crippen LogP contribution is -2.44. The molecule has 0 spiro atoms. The van der Waals surface area contributed by atoms with Gasteiger partial charge in [-0.25, -0.2) is 4.98 Å². The first kappa shape index (κ1) is 24.9. The highest BCUT2D eigenvalue weighted by Gasteiger charge is 2.27. The molecule has 0 aliphatic carbocycles. The number of aliphatic hydroxyl groups excluding tert-OH is 5. The van der Waals surface area contributed by atoms with Crippen LogP contribution in [0, 0.1) is 13.8 Å². The van der Waals surface area contributed by atoms with Crippen LogP contribution in [0.4, 0.5) is 0 Å². The number of carbonyl (C=O) groups excluding carboxylic acids is 1. The van der Waals surface area contributed by atoms with Crippen molar-refractivity contribution < 1.29 is 35.1 Å². The first-order valence-electron chi connectivity index (χ1n) is 9.84. The second-order valence-electron chi connectivity index (χ2n) is 7.20. The first-order valence-corrected chi connectivity index (χ1v) is 9.84. The van der Waals surface area contributed by atoms with Crippen molar-refractivity contribution >= 4 is 16.9 Å². The lowest BCUT2D eigenvalue weighted by molar-refractivity contribution is -0.0805. The van der Waals surface area contributed by atoms with Crippen molar-refractivity contribution in [3.8, 4) is 0 Å². The monoisotopic (exact) mass is 439 g/mol. The Morgan fingerprint density at radius 3 is 2.45 bits per heavy atom. The van der Waals surface area contributed by atoms with Crippen LogP contribution >= 0.6 is 0 Å². The van der Waals surface area contributed by atoms with E-state index < -0.39 is 48.6 Å². The number of aliphatic hydroxyl groups is 5. The van der Waals surface area contributed by atoms with Gasteiger partial charge in [-0.1, -0.05) is 0 Å². The number of amides is 1. The summed E-state index contributed by atoms with van der Waals surface area (Å²) in [6.07, 6.45) is -4.88. The minimum absolute atomic E-state index is 0.0922. The van der Waals surface area contributed by atoms with Crippen LogP contribution in [0.25, 0.3) is 11.0 Å². The van der Waals surface area contributed by atoms with Gasteiger partial charge < -0.3 is 40.2 Å². The molecular formula is C20H29N3O8. The predicted octanol–water partition coefficient (Wildman–Crippen LogP) is -2.17. The molecule has 0 saturated carbocycles. The van der Waals surface area contributed by atoms with Crippen LogP contribution in [0.3, 0.4) is 0 Å². The maximum atomic E-state index is 13.0. The summed E-state index contributed by atoms with van der Waals surface area (Å²) >= 11 is 0. The van der Waals surface area contributed by atoms with E-state index in [9.17, 15) is 24.9 Å². The van der Waals surface area contributed by atoms with E-state index in [0.717, 1.165) is 15.7 Å². The van der Waals surface area contributed by atoms with E-state index in [1.54, 1.807) is 12.1 Å². The third kappa shape index (κ3) is 6.06. The van der Waals surface area contributed by atoms with E-state index in [-0.39, 0.29) is 26.4 Å². The van der Waals surface area contributed by atoms with E-state index in [1.807, 2.05) is 13.8 Å². The van der Waals surface area contributed by atoms with E-state index in [2.05, 4.69) is 10.3 Å². The maximum Gasteiger partial charge on any atom is 0.282 e. The number of hydrogen-bond acceptors (Lipinski definition) is 9. The fraction of sp³-hybridized carbons (Fsp3) is 0.550. The molecule has 31 heavy (non-hydrogen) atoms. The average Bonchev–Trinajstić information content (AvgIpc) is 2.75. The molecule has 2 rings (SSSR count). The van der Waals surface area contributed by atoms with Gasteiger partial charge in [0.1, 0.15) is 18.3 Å². The zero-order valence-electron chi connectivity index (χ0n) is 17.5. The molecule has 0 radical (unpaired) electrons. The van der Waals surface area contributed by atoms with Gasteiger partial charge in [-0.15, -0.1) is 0 Å². The molecule has 0 bridgehead atoms. The van der Waals surface area contributed by atoms with Gasteiger partial charge in [0.15, 0.2) is 5.69 Å². The summed E-state index contributed by atoms with van der Waals surface area (Å²) in [4.78, 5) is 29.8. The number of fused-ring (bicyclic) bond motifs is 1. The van der Waals surface area contributed by atoms with Crippen molar-refractivity contribution in [1.82, 2.24) is 14.9 Å². The van der Waals surface area contributed by atoms with Gasteiger partial charge >= 0.3 is 0 Å². The molecular weight excluding hydrogens is 410 g/mol. The van der Waals surface area contributed by atoms with Gasteiger partial charge in [0.25, 0.3) is 11.5 Å². The van der Waals surface area contributed by atoms with E-state index in [0.29, 0.717) is 11.0 Å². The Morgan fingerprint density at radius 2 is 1.81 bits per heavy atom. The summed E-state index contributed by atoms with van der Waals surface area (Å²) in [5, 5.41) is 50.0. The molecule has 11 heteroatoms. The van der Waals surface area contributed by atoms with Crippen LogP contribution in [0.15, 0.2) is 16.9 Å². The molecule has 0 fully saturated rings. The third-order valence-electron chi connectivity index (χ3n) is 4.89. The number of aryl methyl sites for hydroxylation is 2. The zero-order valence-corrected chi connectivity index (χ0v) is 17.5. The molecule has 3 atom stereocenters. The Bertz CT molecular complexity index is 962. The highest BCUT2D eigenvalue weighted by atomic mass is 16.5. The Labute approximate surface area is 178 Å². The van der Waals surface area contributed by atoms with Gasteiger partial charge in [0.2, 0.25) is 0 Å². The van der Waals surface area contributed by atoms with E-state index in [4.69, 9.17) is 14.9 Å². The first-order chi connectivity index (χ1) is 14.7. The van der Waals surface area contributed by atoms with Crippen LogP contribution in [0.5, 0.6) is 0 Å². The molecule has 2 aromatic rings. The molecule has 172 valence electrons.